The van der Waals surface area contributed by atoms with Crippen LogP contribution in [0.4, 0.5) is 25.0 Å². The SMILES string of the molecule is COC(=O)N(NC(=O)c1c(N)c(-c2cccc(F)c2F)nc2ccccc12)c1ccccc1. The number of hydrazine groups is 1. The number of nitrogens with one attached hydrogen (secondary N) is 1. The normalized spacial score (nSPS) is 10.6. The van der Waals surface area contributed by atoms with E-state index in [-0.39, 0.29) is 22.5 Å². The summed E-state index contributed by atoms with van der Waals surface area (Å²) in [4.78, 5) is 30.1. The Hall–Kier alpha value is -4.53. The van der Waals surface area contributed by atoms with Gasteiger partial charge >= 0.3 is 6.09 Å². The van der Waals surface area contributed by atoms with Crippen LogP contribution in [0.15, 0.2) is 72.8 Å². The molecule has 0 unspecified atom stereocenters. The van der Waals surface area contributed by atoms with Crippen LogP contribution < -0.4 is 16.2 Å². The predicted molar refractivity (Wildman–Crippen MR) is 120 cm³/mol. The summed E-state index contributed by atoms with van der Waals surface area (Å²) >= 11 is 0. The number of ether oxygens (including phenoxy) is 1. The molecule has 3 N–H and O–H groups in total. The standard InChI is InChI=1S/C24H18F2N4O3/c1-33-24(32)30(14-8-3-2-4-9-14)29-23(31)19-15-10-5-6-13-18(15)28-22(21(19)27)16-11-7-12-17(25)20(16)26/h2-13H,27H2,1H3,(H,29,31). The van der Waals surface area contributed by atoms with E-state index in [1.165, 1.54) is 19.2 Å². The number of aromatic nitrogens is 1. The topological polar surface area (TPSA) is 97.5 Å². The van der Waals surface area contributed by atoms with Crippen molar-refractivity contribution in [1.29, 1.82) is 0 Å². The molecule has 0 saturated carbocycles. The highest BCUT2D eigenvalue weighted by Gasteiger charge is 2.26. The maximum Gasteiger partial charge on any atom is 0.433 e. The van der Waals surface area contributed by atoms with Gasteiger partial charge in [0.15, 0.2) is 11.6 Å². The van der Waals surface area contributed by atoms with Crippen LogP contribution in [0.1, 0.15) is 10.4 Å². The smallest absolute Gasteiger partial charge is 0.433 e. The number of pyridine rings is 1. The second-order valence-corrected chi connectivity index (χ2v) is 6.95. The number of amides is 2. The number of halogens is 2. The average Bonchev–Trinajstić information content (AvgIpc) is 2.84. The Morgan fingerprint density at radius 2 is 1.67 bits per heavy atom. The van der Waals surface area contributed by atoms with Crippen molar-refractivity contribution in [2.45, 2.75) is 0 Å². The van der Waals surface area contributed by atoms with Crippen molar-refractivity contribution in [2.24, 2.45) is 0 Å². The maximum absolute atomic E-state index is 14.5. The number of nitrogens with two attached hydrogens (primary N) is 1. The number of carbonyl (C=O) groups is 2. The molecule has 9 heteroatoms. The zero-order valence-corrected chi connectivity index (χ0v) is 17.4. The van der Waals surface area contributed by atoms with Gasteiger partial charge in [0.1, 0.15) is 0 Å². The van der Waals surface area contributed by atoms with Crippen LogP contribution in [0.5, 0.6) is 0 Å². The molecule has 33 heavy (non-hydrogen) atoms. The van der Waals surface area contributed by atoms with Crippen molar-refractivity contribution in [2.75, 3.05) is 17.9 Å². The molecule has 0 aliphatic carbocycles. The van der Waals surface area contributed by atoms with E-state index in [1.807, 2.05) is 0 Å². The first-order valence-corrected chi connectivity index (χ1v) is 9.79. The van der Waals surface area contributed by atoms with Gasteiger partial charge in [-0.1, -0.05) is 42.5 Å². The Morgan fingerprint density at radius 1 is 0.970 bits per heavy atom. The zero-order chi connectivity index (χ0) is 23.5. The minimum Gasteiger partial charge on any atom is -0.451 e. The fraction of sp³-hybridized carbons (Fsp3) is 0.0417. The predicted octanol–water partition coefficient (Wildman–Crippen LogP) is 4.68. The van der Waals surface area contributed by atoms with E-state index in [0.717, 1.165) is 11.1 Å². The number of hydrogen-bond donors (Lipinski definition) is 2. The van der Waals surface area contributed by atoms with Gasteiger partial charge in [-0.15, -0.1) is 0 Å². The lowest BCUT2D eigenvalue weighted by Gasteiger charge is -2.23. The fourth-order valence-corrected chi connectivity index (χ4v) is 3.40. The van der Waals surface area contributed by atoms with Crippen LogP contribution in [-0.2, 0) is 4.74 Å². The molecule has 3 aromatic carbocycles. The lowest BCUT2D eigenvalue weighted by molar-refractivity contribution is 0.0943. The third-order valence-corrected chi connectivity index (χ3v) is 4.95. The van der Waals surface area contributed by atoms with Gasteiger partial charge in [-0.2, -0.15) is 5.01 Å². The number of rotatable bonds is 3. The monoisotopic (exact) mass is 448 g/mol. The van der Waals surface area contributed by atoms with E-state index in [1.54, 1.807) is 54.6 Å². The van der Waals surface area contributed by atoms with Gasteiger partial charge in [-0.3, -0.25) is 10.2 Å². The fourth-order valence-electron chi connectivity index (χ4n) is 3.40. The average molecular weight is 448 g/mol. The van der Waals surface area contributed by atoms with Gasteiger partial charge in [0.2, 0.25) is 0 Å². The summed E-state index contributed by atoms with van der Waals surface area (Å²) < 4.78 is 33.2. The number of carbonyl (C=O) groups excluding carboxylic acids is 2. The first kappa shape index (κ1) is 21.7. The Kier molecular flexibility index (Phi) is 5.86. The molecule has 0 aliphatic heterocycles. The second-order valence-electron chi connectivity index (χ2n) is 6.95. The largest absolute Gasteiger partial charge is 0.451 e. The van der Waals surface area contributed by atoms with E-state index in [4.69, 9.17) is 10.5 Å². The van der Waals surface area contributed by atoms with E-state index in [2.05, 4.69) is 10.4 Å². The molecular formula is C24H18F2N4O3. The number of fused-ring (bicyclic) bond motifs is 1. The van der Waals surface area contributed by atoms with E-state index in [0.29, 0.717) is 16.6 Å². The summed E-state index contributed by atoms with van der Waals surface area (Å²) in [6, 6.07) is 18.5. The van der Waals surface area contributed by atoms with Gasteiger partial charge in [0.05, 0.1) is 35.3 Å². The highest BCUT2D eigenvalue weighted by molar-refractivity contribution is 6.14. The molecule has 0 aliphatic rings. The summed E-state index contributed by atoms with van der Waals surface area (Å²) in [5.41, 5.74) is 8.92. The molecule has 4 aromatic rings. The Labute approximate surface area is 187 Å². The summed E-state index contributed by atoms with van der Waals surface area (Å²) in [5, 5.41) is 1.28. The highest BCUT2D eigenvalue weighted by atomic mass is 19.2. The molecule has 1 aromatic heterocycles. The Morgan fingerprint density at radius 3 is 2.39 bits per heavy atom. The number of anilines is 2. The number of nitrogen functional groups attached to an aromatic ring is 1. The van der Waals surface area contributed by atoms with E-state index < -0.39 is 23.6 Å². The second kappa shape index (κ2) is 8.91. The third kappa shape index (κ3) is 4.03. The summed E-state index contributed by atoms with van der Waals surface area (Å²) in [7, 11) is 1.17. The molecular weight excluding hydrogens is 430 g/mol. The van der Waals surface area contributed by atoms with Crippen LogP contribution in [-0.4, -0.2) is 24.1 Å². The van der Waals surface area contributed by atoms with E-state index in [9.17, 15) is 18.4 Å². The molecule has 1 heterocycles. The van der Waals surface area contributed by atoms with Gasteiger partial charge in [-0.25, -0.2) is 18.6 Å². The van der Waals surface area contributed by atoms with Gasteiger partial charge in [-0.05, 0) is 30.3 Å². The van der Waals surface area contributed by atoms with Crippen LogP contribution in [0.3, 0.4) is 0 Å². The molecule has 0 bridgehead atoms. The van der Waals surface area contributed by atoms with Crippen molar-refractivity contribution in [3.05, 3.63) is 90.0 Å². The van der Waals surface area contributed by atoms with Crippen molar-refractivity contribution in [1.82, 2.24) is 10.4 Å². The minimum atomic E-state index is -1.14. The molecule has 0 saturated heterocycles. The quantitative estimate of drug-likeness (QED) is 0.444. The Bertz CT molecular complexity index is 1360. The molecule has 0 fully saturated rings. The van der Waals surface area contributed by atoms with Crippen molar-refractivity contribution in [3.63, 3.8) is 0 Å². The highest BCUT2D eigenvalue weighted by Crippen LogP contribution is 2.34. The summed E-state index contributed by atoms with van der Waals surface area (Å²) in [5.74, 6) is -2.98. The van der Waals surface area contributed by atoms with Gasteiger partial charge in [0, 0.05) is 10.9 Å². The molecule has 0 spiro atoms. The lowest BCUT2D eigenvalue weighted by atomic mass is 10.0. The summed E-state index contributed by atoms with van der Waals surface area (Å²) in [6.45, 7) is 0. The molecule has 0 atom stereocenters. The first-order valence-electron chi connectivity index (χ1n) is 9.79. The van der Waals surface area contributed by atoms with Gasteiger partial charge in [0.25, 0.3) is 5.91 Å². The van der Waals surface area contributed by atoms with Crippen molar-refractivity contribution in [3.8, 4) is 11.3 Å². The number of hydrogen-bond acceptors (Lipinski definition) is 5. The van der Waals surface area contributed by atoms with E-state index >= 15 is 0 Å². The van der Waals surface area contributed by atoms with Crippen LogP contribution in [0.25, 0.3) is 22.2 Å². The van der Waals surface area contributed by atoms with Crippen LogP contribution >= 0.6 is 0 Å². The summed E-state index contributed by atoms with van der Waals surface area (Å²) in [6.07, 6.45) is -0.845. The number of methoxy groups -OCH3 is 1. The molecule has 4 rings (SSSR count). The lowest BCUT2D eigenvalue weighted by Crippen LogP contribution is -2.46. The maximum atomic E-state index is 14.5. The molecule has 2 amide bonds. The third-order valence-electron chi connectivity index (χ3n) is 4.95. The number of nitrogens with zero attached hydrogens (tertiary/aromatic N) is 2. The minimum absolute atomic E-state index is 0.0518. The zero-order valence-electron chi connectivity index (χ0n) is 17.4. The number of para-hydroxylation sites is 2. The van der Waals surface area contributed by atoms with Crippen LogP contribution in [0.2, 0.25) is 0 Å². The molecule has 7 nitrogen and oxygen atoms in total. The number of benzene rings is 3. The Balaban J connectivity index is 1.87. The first-order chi connectivity index (χ1) is 15.9. The van der Waals surface area contributed by atoms with Crippen LogP contribution in [0, 0.1) is 11.6 Å². The molecule has 0 radical (unpaired) electrons. The van der Waals surface area contributed by atoms with Crippen molar-refractivity contribution >= 4 is 34.3 Å². The van der Waals surface area contributed by atoms with Crippen molar-refractivity contribution < 1.29 is 23.1 Å². The molecule has 166 valence electrons. The van der Waals surface area contributed by atoms with Gasteiger partial charge < -0.3 is 10.5 Å².